The number of hydrogen-bond donors (Lipinski definition) is 1. The highest BCUT2D eigenvalue weighted by Crippen LogP contribution is 2.42. The van der Waals surface area contributed by atoms with E-state index in [1.54, 1.807) is 30.3 Å². The Kier molecular flexibility index (Phi) is 8.53. The molecule has 1 amide bonds. The van der Waals surface area contributed by atoms with E-state index in [4.69, 9.17) is 4.74 Å². The predicted molar refractivity (Wildman–Crippen MR) is 141 cm³/mol. The maximum absolute atomic E-state index is 13.3. The average Bonchev–Trinajstić information content (AvgIpc) is 3.18. The number of ketones is 1. The van der Waals surface area contributed by atoms with Gasteiger partial charge in [0.05, 0.1) is 23.9 Å². The zero-order chi connectivity index (χ0) is 29.0. The fraction of sp³-hybridized carbons (Fsp3) is 0.310. The number of amides is 1. The van der Waals surface area contributed by atoms with Gasteiger partial charge in [0, 0.05) is 18.6 Å². The summed E-state index contributed by atoms with van der Waals surface area (Å²) in [4.78, 5) is 27.7. The number of aliphatic hydroxyl groups is 1. The molecular weight excluding hydrogens is 527 g/mol. The van der Waals surface area contributed by atoms with Gasteiger partial charge in [0.1, 0.15) is 11.5 Å². The molecule has 0 spiro atoms. The van der Waals surface area contributed by atoms with E-state index in [2.05, 4.69) is 14.9 Å². The van der Waals surface area contributed by atoms with Crippen molar-refractivity contribution >= 4 is 23.3 Å². The van der Waals surface area contributed by atoms with Gasteiger partial charge in [-0.1, -0.05) is 50.2 Å². The Bertz CT molecular complexity index is 1390. The first kappa shape index (κ1) is 28.8. The number of Topliss-reactive ketones (excluding diaryl/α,β-unsaturated/α-hetero) is 1. The third kappa shape index (κ3) is 6.31. The SMILES string of the molecule is CCOCCc1ccc(N2C(=O)C(=O)/C(=C(/O)c3ccc(C(C)C)cc3)C2c2ccc(OC(F)(F)F)cc2)nn1. The molecular formula is C29H28F3N3O5. The molecule has 0 aliphatic carbocycles. The van der Waals surface area contributed by atoms with Crippen LogP contribution in [0, 0.1) is 0 Å². The van der Waals surface area contributed by atoms with Gasteiger partial charge >= 0.3 is 12.3 Å². The smallest absolute Gasteiger partial charge is 0.507 e. The van der Waals surface area contributed by atoms with Crippen molar-refractivity contribution < 1.29 is 37.3 Å². The van der Waals surface area contributed by atoms with E-state index in [0.717, 1.165) is 22.6 Å². The molecule has 0 saturated carbocycles. The van der Waals surface area contributed by atoms with E-state index in [1.165, 1.54) is 18.2 Å². The average molecular weight is 556 g/mol. The largest absolute Gasteiger partial charge is 0.573 e. The zero-order valence-corrected chi connectivity index (χ0v) is 22.1. The zero-order valence-electron chi connectivity index (χ0n) is 22.1. The Hall–Kier alpha value is -4.25. The maximum atomic E-state index is 13.3. The lowest BCUT2D eigenvalue weighted by atomic mass is 9.94. The predicted octanol–water partition coefficient (Wildman–Crippen LogP) is 5.70. The van der Waals surface area contributed by atoms with Crippen LogP contribution in [0.3, 0.4) is 0 Å². The van der Waals surface area contributed by atoms with Crippen molar-refractivity contribution in [3.05, 3.63) is 88.6 Å². The number of anilines is 1. The van der Waals surface area contributed by atoms with Crippen LogP contribution in [0.15, 0.2) is 66.2 Å². The summed E-state index contributed by atoms with van der Waals surface area (Å²) in [7, 11) is 0. The summed E-state index contributed by atoms with van der Waals surface area (Å²) in [6.07, 6.45) is -4.41. The Morgan fingerprint density at radius 3 is 2.23 bits per heavy atom. The molecule has 1 aliphatic heterocycles. The molecule has 2 heterocycles. The molecule has 1 N–H and O–H groups in total. The minimum absolute atomic E-state index is 0.0390. The molecule has 0 radical (unpaired) electrons. The van der Waals surface area contributed by atoms with Gasteiger partial charge in [-0.2, -0.15) is 5.10 Å². The monoisotopic (exact) mass is 555 g/mol. The third-order valence-corrected chi connectivity index (χ3v) is 6.38. The van der Waals surface area contributed by atoms with E-state index < -0.39 is 35.6 Å². The molecule has 2 aromatic carbocycles. The van der Waals surface area contributed by atoms with Gasteiger partial charge < -0.3 is 14.6 Å². The van der Waals surface area contributed by atoms with Crippen LogP contribution in [-0.4, -0.2) is 46.6 Å². The van der Waals surface area contributed by atoms with Crippen molar-refractivity contribution in [3.63, 3.8) is 0 Å². The van der Waals surface area contributed by atoms with Crippen LogP contribution in [0.2, 0.25) is 0 Å². The number of benzene rings is 2. The summed E-state index contributed by atoms with van der Waals surface area (Å²) in [6.45, 7) is 6.86. The van der Waals surface area contributed by atoms with Gasteiger partial charge in [-0.25, -0.2) is 0 Å². The topological polar surface area (TPSA) is 102 Å². The normalized spacial score (nSPS) is 17.1. The van der Waals surface area contributed by atoms with Crippen molar-refractivity contribution in [2.45, 2.75) is 45.5 Å². The first-order valence-corrected chi connectivity index (χ1v) is 12.7. The van der Waals surface area contributed by atoms with Crippen molar-refractivity contribution in [2.24, 2.45) is 0 Å². The van der Waals surface area contributed by atoms with Crippen LogP contribution >= 0.6 is 0 Å². The van der Waals surface area contributed by atoms with Crippen LogP contribution < -0.4 is 9.64 Å². The number of rotatable bonds is 9. The van der Waals surface area contributed by atoms with Crippen LogP contribution in [0.1, 0.15) is 55.1 Å². The molecule has 4 rings (SSSR count). The fourth-order valence-corrected chi connectivity index (χ4v) is 4.35. The highest BCUT2D eigenvalue weighted by Gasteiger charge is 2.47. The van der Waals surface area contributed by atoms with Crippen molar-refractivity contribution in [2.75, 3.05) is 18.1 Å². The molecule has 1 aliphatic rings. The highest BCUT2D eigenvalue weighted by atomic mass is 19.4. The maximum Gasteiger partial charge on any atom is 0.573 e. The molecule has 40 heavy (non-hydrogen) atoms. The molecule has 1 aromatic heterocycles. The summed E-state index contributed by atoms with van der Waals surface area (Å²) in [5.41, 5.74) is 1.95. The van der Waals surface area contributed by atoms with Crippen molar-refractivity contribution in [1.29, 1.82) is 0 Å². The number of ether oxygens (including phenoxy) is 2. The van der Waals surface area contributed by atoms with E-state index in [9.17, 15) is 27.9 Å². The lowest BCUT2D eigenvalue weighted by molar-refractivity contribution is -0.274. The van der Waals surface area contributed by atoms with E-state index in [0.29, 0.717) is 30.9 Å². The molecule has 0 bridgehead atoms. The minimum Gasteiger partial charge on any atom is -0.507 e. The van der Waals surface area contributed by atoms with E-state index in [-0.39, 0.29) is 22.9 Å². The van der Waals surface area contributed by atoms with Gasteiger partial charge in [-0.05, 0) is 48.2 Å². The van der Waals surface area contributed by atoms with Gasteiger partial charge in [-0.15, -0.1) is 18.3 Å². The van der Waals surface area contributed by atoms with Gasteiger partial charge in [0.25, 0.3) is 5.78 Å². The van der Waals surface area contributed by atoms with Crippen LogP contribution in [-0.2, 0) is 20.7 Å². The van der Waals surface area contributed by atoms with Crippen LogP contribution in [0.5, 0.6) is 5.75 Å². The highest BCUT2D eigenvalue weighted by molar-refractivity contribution is 6.51. The number of nitrogens with zero attached hydrogens (tertiary/aromatic N) is 3. The molecule has 8 nitrogen and oxygen atoms in total. The van der Waals surface area contributed by atoms with Gasteiger partial charge in [0.15, 0.2) is 5.82 Å². The number of hydrogen-bond acceptors (Lipinski definition) is 7. The number of aliphatic hydroxyl groups excluding tert-OH is 1. The van der Waals surface area contributed by atoms with Crippen LogP contribution in [0.25, 0.3) is 5.76 Å². The summed E-state index contributed by atoms with van der Waals surface area (Å²) in [5, 5.41) is 19.5. The summed E-state index contributed by atoms with van der Waals surface area (Å²) in [5.74, 6) is -2.55. The minimum atomic E-state index is -4.89. The first-order chi connectivity index (χ1) is 19.0. The Morgan fingerprint density at radius 2 is 1.68 bits per heavy atom. The number of alkyl halides is 3. The van der Waals surface area contributed by atoms with E-state index >= 15 is 0 Å². The standard InChI is InChI=1S/C29H28F3N3O5/c1-4-39-16-15-21-11-14-23(34-33-21)35-25(19-9-12-22(13-10-19)40-29(30,31)32)24(27(37)28(35)38)26(36)20-7-5-18(6-8-20)17(2)3/h5-14,17,25,36H,4,15-16H2,1-3H3/b26-24+. The molecule has 11 heteroatoms. The Labute approximate surface area is 229 Å². The first-order valence-electron chi connectivity index (χ1n) is 12.7. The van der Waals surface area contributed by atoms with Crippen molar-refractivity contribution in [3.8, 4) is 5.75 Å². The lowest BCUT2D eigenvalue weighted by Crippen LogP contribution is -2.30. The molecule has 1 unspecified atom stereocenters. The fourth-order valence-electron chi connectivity index (χ4n) is 4.35. The molecule has 3 aromatic rings. The number of halogens is 3. The van der Waals surface area contributed by atoms with E-state index in [1.807, 2.05) is 20.8 Å². The molecule has 1 saturated heterocycles. The summed E-state index contributed by atoms with van der Waals surface area (Å²) in [6, 6.07) is 13.6. The second-order valence-electron chi connectivity index (χ2n) is 9.39. The van der Waals surface area contributed by atoms with Gasteiger partial charge in [0.2, 0.25) is 0 Å². The van der Waals surface area contributed by atoms with Crippen molar-refractivity contribution in [1.82, 2.24) is 10.2 Å². The lowest BCUT2D eigenvalue weighted by Gasteiger charge is -2.24. The quantitative estimate of drug-likeness (QED) is 0.156. The van der Waals surface area contributed by atoms with Gasteiger partial charge in [-0.3, -0.25) is 14.5 Å². The second-order valence-corrected chi connectivity index (χ2v) is 9.39. The Balaban J connectivity index is 1.79. The second kappa shape index (κ2) is 11.9. The molecule has 1 fully saturated rings. The summed E-state index contributed by atoms with van der Waals surface area (Å²) >= 11 is 0. The molecule has 210 valence electrons. The third-order valence-electron chi connectivity index (χ3n) is 6.38. The number of aromatic nitrogens is 2. The van der Waals surface area contributed by atoms with Crippen LogP contribution in [0.4, 0.5) is 19.0 Å². The molecule has 1 atom stereocenters. The Morgan fingerprint density at radius 1 is 1.00 bits per heavy atom. The number of carbonyl (C=O) groups is 2. The summed E-state index contributed by atoms with van der Waals surface area (Å²) < 4.78 is 47.4. The number of carbonyl (C=O) groups excluding carboxylic acids is 2.